The Morgan fingerprint density at radius 2 is 1.96 bits per heavy atom. The van der Waals surface area contributed by atoms with E-state index in [-0.39, 0.29) is 25.4 Å². The van der Waals surface area contributed by atoms with Crippen molar-refractivity contribution in [2.75, 3.05) is 13.7 Å². The fourth-order valence-electron chi connectivity index (χ4n) is 3.47. The van der Waals surface area contributed by atoms with Crippen LogP contribution in [0, 0.1) is 11.3 Å². The van der Waals surface area contributed by atoms with Crippen molar-refractivity contribution in [2.24, 2.45) is 11.3 Å². The van der Waals surface area contributed by atoms with E-state index in [2.05, 4.69) is 4.74 Å². The predicted molar refractivity (Wildman–Crippen MR) is 89.7 cm³/mol. The summed E-state index contributed by atoms with van der Waals surface area (Å²) in [7, 11) is 1.17. The van der Waals surface area contributed by atoms with Gasteiger partial charge in [-0.1, -0.05) is 36.4 Å². The molecule has 1 fully saturated rings. The molecule has 0 unspecified atom stereocenters. The lowest BCUT2D eigenvalue weighted by Crippen LogP contribution is -2.59. The molecule has 0 saturated carbocycles. The molecule has 0 bridgehead atoms. The number of esters is 1. The molecule has 26 heavy (non-hydrogen) atoms. The molecule has 1 aliphatic heterocycles. The van der Waals surface area contributed by atoms with Crippen LogP contribution in [0.1, 0.15) is 18.4 Å². The van der Waals surface area contributed by atoms with Crippen LogP contribution < -0.4 is 0 Å². The van der Waals surface area contributed by atoms with Gasteiger partial charge in [0.2, 0.25) is 0 Å². The number of carbonyl (C=O) groups excluding carboxylic acids is 4. The molecule has 0 radical (unpaired) electrons. The number of carbonyl (C=O) groups is 4. The highest BCUT2D eigenvalue weighted by molar-refractivity contribution is 6.12. The third-order valence-electron chi connectivity index (χ3n) is 4.87. The van der Waals surface area contributed by atoms with Crippen molar-refractivity contribution >= 4 is 23.8 Å². The van der Waals surface area contributed by atoms with Gasteiger partial charge in [0, 0.05) is 13.0 Å². The highest BCUT2D eigenvalue weighted by Gasteiger charge is 2.58. The number of allylic oxidation sites excluding steroid dienone is 1. The van der Waals surface area contributed by atoms with Crippen LogP contribution >= 0.6 is 0 Å². The summed E-state index contributed by atoms with van der Waals surface area (Å²) in [5.41, 5.74) is -0.896. The number of benzene rings is 1. The predicted octanol–water partition coefficient (Wildman–Crippen LogP) is 1.86. The average molecular weight is 357 g/mol. The number of hydrogen-bond donors (Lipinski definition) is 0. The van der Waals surface area contributed by atoms with Crippen LogP contribution in [0.15, 0.2) is 42.5 Å². The molecule has 1 saturated heterocycles. The van der Waals surface area contributed by atoms with Gasteiger partial charge in [0.25, 0.3) is 5.91 Å². The quantitative estimate of drug-likeness (QED) is 0.606. The molecule has 0 N–H and O–H groups in total. The molecule has 0 aromatic heterocycles. The van der Waals surface area contributed by atoms with Gasteiger partial charge < -0.3 is 9.47 Å². The maximum Gasteiger partial charge on any atom is 0.416 e. The van der Waals surface area contributed by atoms with Gasteiger partial charge in [-0.25, -0.2) is 9.69 Å². The first kappa shape index (κ1) is 17.8. The number of likely N-dealkylation sites (tertiary alicyclic amines) is 1. The van der Waals surface area contributed by atoms with Crippen LogP contribution in [0.4, 0.5) is 4.79 Å². The Hall–Kier alpha value is -2.96. The summed E-state index contributed by atoms with van der Waals surface area (Å²) >= 11 is 0. The summed E-state index contributed by atoms with van der Waals surface area (Å²) in [6.45, 7) is 0.104. The lowest BCUT2D eigenvalue weighted by molar-refractivity contribution is -0.169. The van der Waals surface area contributed by atoms with E-state index in [1.807, 2.05) is 18.2 Å². The second-order valence-electron chi connectivity index (χ2n) is 6.35. The molecule has 1 aromatic rings. The van der Waals surface area contributed by atoms with Crippen LogP contribution in [0.25, 0.3) is 0 Å². The molecule has 136 valence electrons. The highest BCUT2D eigenvalue weighted by Crippen LogP contribution is 2.44. The molecule has 7 heteroatoms. The van der Waals surface area contributed by atoms with Crippen LogP contribution in [-0.2, 0) is 30.5 Å². The molecule has 2 aliphatic rings. The molecule has 2 atom stereocenters. The Morgan fingerprint density at radius 1 is 1.23 bits per heavy atom. The van der Waals surface area contributed by atoms with E-state index in [9.17, 15) is 19.2 Å². The number of nitrogens with zero attached hydrogens (tertiary/aromatic N) is 1. The van der Waals surface area contributed by atoms with Gasteiger partial charge in [0.1, 0.15) is 6.61 Å². The fraction of sp³-hybridized carbons (Fsp3) is 0.368. The Kier molecular flexibility index (Phi) is 4.88. The lowest BCUT2D eigenvalue weighted by atomic mass is 9.65. The Balaban J connectivity index is 1.90. The van der Waals surface area contributed by atoms with Crippen LogP contribution in [-0.4, -0.2) is 42.3 Å². The van der Waals surface area contributed by atoms with Crippen molar-refractivity contribution in [3.8, 4) is 0 Å². The number of piperidine rings is 1. The average Bonchev–Trinajstić information content (AvgIpc) is 2.66. The molecule has 1 aromatic carbocycles. The molecule has 3 rings (SSSR count). The maximum absolute atomic E-state index is 13.0. The summed E-state index contributed by atoms with van der Waals surface area (Å²) in [5.74, 6) is -2.14. The number of hydrogen-bond acceptors (Lipinski definition) is 6. The molecule has 0 spiro atoms. The van der Waals surface area contributed by atoms with Crippen molar-refractivity contribution in [2.45, 2.75) is 19.4 Å². The summed E-state index contributed by atoms with van der Waals surface area (Å²) in [6, 6.07) is 9.06. The third-order valence-corrected chi connectivity index (χ3v) is 4.87. The minimum absolute atomic E-state index is 0.00142. The van der Waals surface area contributed by atoms with Crippen LogP contribution in [0.3, 0.4) is 0 Å². The first-order valence-corrected chi connectivity index (χ1v) is 8.32. The molecular formula is C19H19NO6. The van der Waals surface area contributed by atoms with E-state index < -0.39 is 29.3 Å². The summed E-state index contributed by atoms with van der Waals surface area (Å²) < 4.78 is 10.0. The van der Waals surface area contributed by atoms with Gasteiger partial charge in [-0.3, -0.25) is 14.4 Å². The zero-order chi connectivity index (χ0) is 18.7. The molecule has 1 heterocycles. The lowest BCUT2D eigenvalue weighted by Gasteiger charge is -2.43. The summed E-state index contributed by atoms with van der Waals surface area (Å²) in [4.78, 5) is 50.5. The smallest absolute Gasteiger partial charge is 0.416 e. The van der Waals surface area contributed by atoms with Crippen LogP contribution in [0.5, 0.6) is 0 Å². The van der Waals surface area contributed by atoms with Gasteiger partial charge in [-0.2, -0.15) is 0 Å². The normalized spacial score (nSPS) is 24.8. The van der Waals surface area contributed by atoms with E-state index in [1.165, 1.54) is 19.3 Å². The minimum atomic E-state index is -1.67. The second-order valence-corrected chi connectivity index (χ2v) is 6.35. The minimum Gasteiger partial charge on any atom is -0.460 e. The number of ether oxygens (including phenoxy) is 2. The molecule has 2 amide bonds. The standard InChI is InChI=1S/C19H19NO6/c1-25-18(24)20-10-8-14-11-15(21)7-9-19(14,16(20)22)17(23)26-12-13-5-3-2-4-6-13/h2-7,9,14H,8,10-12H2,1H3/t14-,19-/m1/s1. The number of methoxy groups -OCH3 is 1. The van der Waals surface area contributed by atoms with E-state index in [0.717, 1.165) is 10.5 Å². The zero-order valence-electron chi connectivity index (χ0n) is 14.3. The van der Waals surface area contributed by atoms with Crippen LogP contribution in [0.2, 0.25) is 0 Å². The summed E-state index contributed by atoms with van der Waals surface area (Å²) in [6.07, 6.45) is 2.08. The first-order chi connectivity index (χ1) is 12.5. The molecule has 1 aliphatic carbocycles. The number of imide groups is 1. The Labute approximate surface area is 150 Å². The van der Waals surface area contributed by atoms with Crippen molar-refractivity contribution in [3.05, 3.63) is 48.0 Å². The molecular weight excluding hydrogens is 338 g/mol. The number of ketones is 1. The van der Waals surface area contributed by atoms with Crippen molar-refractivity contribution < 1.29 is 28.7 Å². The zero-order valence-corrected chi connectivity index (χ0v) is 14.3. The van der Waals surface area contributed by atoms with Crippen molar-refractivity contribution in [3.63, 3.8) is 0 Å². The highest BCUT2D eigenvalue weighted by atomic mass is 16.5. The van der Waals surface area contributed by atoms with Gasteiger partial charge in [0.15, 0.2) is 11.2 Å². The van der Waals surface area contributed by atoms with E-state index in [1.54, 1.807) is 12.1 Å². The van der Waals surface area contributed by atoms with Gasteiger partial charge in [-0.05, 0) is 24.0 Å². The van der Waals surface area contributed by atoms with Crippen molar-refractivity contribution in [1.82, 2.24) is 4.90 Å². The van der Waals surface area contributed by atoms with Gasteiger partial charge >= 0.3 is 12.1 Å². The SMILES string of the molecule is COC(=O)N1CC[C@@H]2CC(=O)C=C[C@]2(C(=O)OCc2ccccc2)C1=O. The third kappa shape index (κ3) is 3.00. The monoisotopic (exact) mass is 357 g/mol. The number of amides is 2. The molecule has 7 nitrogen and oxygen atoms in total. The van der Waals surface area contributed by atoms with E-state index >= 15 is 0 Å². The second kappa shape index (κ2) is 7.11. The largest absolute Gasteiger partial charge is 0.460 e. The Morgan fingerprint density at radius 3 is 2.65 bits per heavy atom. The number of rotatable bonds is 3. The van der Waals surface area contributed by atoms with E-state index in [0.29, 0.717) is 6.42 Å². The van der Waals surface area contributed by atoms with Gasteiger partial charge in [0.05, 0.1) is 7.11 Å². The summed E-state index contributed by atoms with van der Waals surface area (Å²) in [5, 5.41) is 0. The number of fused-ring (bicyclic) bond motifs is 1. The fourth-order valence-corrected chi connectivity index (χ4v) is 3.47. The van der Waals surface area contributed by atoms with Crippen molar-refractivity contribution in [1.29, 1.82) is 0 Å². The van der Waals surface area contributed by atoms with Gasteiger partial charge in [-0.15, -0.1) is 0 Å². The topological polar surface area (TPSA) is 90.0 Å². The maximum atomic E-state index is 13.0. The first-order valence-electron chi connectivity index (χ1n) is 8.32. The Bertz CT molecular complexity index is 771. The van der Waals surface area contributed by atoms with E-state index in [4.69, 9.17) is 4.74 Å².